The van der Waals surface area contributed by atoms with Crippen LogP contribution in [0.5, 0.6) is 0 Å². The summed E-state index contributed by atoms with van der Waals surface area (Å²) in [7, 11) is 0. The van der Waals surface area contributed by atoms with Gasteiger partial charge in [0, 0.05) is 27.9 Å². The number of nitrogens with zero attached hydrogens (tertiary/aromatic N) is 1. The lowest BCUT2D eigenvalue weighted by molar-refractivity contribution is 0.102. The molecule has 0 saturated carbocycles. The Balaban J connectivity index is 1.96. The Kier molecular flexibility index (Phi) is 3.46. The van der Waals surface area contributed by atoms with Gasteiger partial charge in [-0.2, -0.15) is 0 Å². The molecule has 3 N–H and O–H groups in total. The first-order valence-corrected chi connectivity index (χ1v) is 6.72. The van der Waals surface area contributed by atoms with E-state index in [4.69, 9.17) is 17.3 Å². The molecule has 1 heterocycles. The number of benzene rings is 2. The molecule has 21 heavy (non-hydrogen) atoms. The number of aromatic nitrogens is 1. The summed E-state index contributed by atoms with van der Waals surface area (Å²) in [5, 5.41) is 4.17. The molecule has 1 amide bonds. The molecule has 0 aliphatic heterocycles. The van der Waals surface area contributed by atoms with Crippen molar-refractivity contribution in [3.05, 3.63) is 65.3 Å². The Morgan fingerprint density at radius 3 is 2.81 bits per heavy atom. The third-order valence-corrected chi connectivity index (χ3v) is 3.29. The van der Waals surface area contributed by atoms with Crippen LogP contribution >= 0.6 is 11.6 Å². The van der Waals surface area contributed by atoms with E-state index < -0.39 is 0 Å². The fourth-order valence-corrected chi connectivity index (χ4v) is 2.39. The van der Waals surface area contributed by atoms with Crippen LogP contribution in [0, 0.1) is 0 Å². The SMILES string of the molecule is Nc1cc(Cl)cc(C(=O)Nc2cccc3ncccc23)c1. The van der Waals surface area contributed by atoms with Crippen molar-refractivity contribution < 1.29 is 4.79 Å². The zero-order valence-corrected chi connectivity index (χ0v) is 11.8. The number of carbonyl (C=O) groups is 1. The Bertz CT molecular complexity index is 807. The van der Waals surface area contributed by atoms with Crippen molar-refractivity contribution in [2.24, 2.45) is 0 Å². The second-order valence-electron chi connectivity index (χ2n) is 4.60. The van der Waals surface area contributed by atoms with Crippen LogP contribution in [-0.2, 0) is 0 Å². The highest BCUT2D eigenvalue weighted by Crippen LogP contribution is 2.23. The molecule has 0 saturated heterocycles. The minimum Gasteiger partial charge on any atom is -0.399 e. The highest BCUT2D eigenvalue weighted by atomic mass is 35.5. The predicted octanol–water partition coefficient (Wildman–Crippen LogP) is 3.72. The van der Waals surface area contributed by atoms with Gasteiger partial charge in [-0.25, -0.2) is 0 Å². The summed E-state index contributed by atoms with van der Waals surface area (Å²) in [6.45, 7) is 0. The van der Waals surface area contributed by atoms with Crippen molar-refractivity contribution in [1.29, 1.82) is 0 Å². The molecule has 104 valence electrons. The summed E-state index contributed by atoms with van der Waals surface area (Å²) >= 11 is 5.92. The zero-order chi connectivity index (χ0) is 14.8. The molecule has 0 aliphatic carbocycles. The number of carbonyl (C=O) groups excluding carboxylic acids is 1. The summed E-state index contributed by atoms with van der Waals surface area (Å²) in [6.07, 6.45) is 1.71. The van der Waals surface area contributed by atoms with Gasteiger partial charge < -0.3 is 11.1 Å². The van der Waals surface area contributed by atoms with E-state index >= 15 is 0 Å². The lowest BCUT2D eigenvalue weighted by atomic mass is 10.1. The molecule has 4 nitrogen and oxygen atoms in total. The van der Waals surface area contributed by atoms with Gasteiger partial charge in [0.2, 0.25) is 0 Å². The topological polar surface area (TPSA) is 68.0 Å². The number of halogens is 1. The van der Waals surface area contributed by atoms with E-state index in [0.717, 1.165) is 10.9 Å². The smallest absolute Gasteiger partial charge is 0.255 e. The summed E-state index contributed by atoms with van der Waals surface area (Å²) in [6, 6.07) is 14.1. The number of pyridine rings is 1. The van der Waals surface area contributed by atoms with Gasteiger partial charge in [-0.3, -0.25) is 9.78 Å². The second-order valence-corrected chi connectivity index (χ2v) is 5.04. The van der Waals surface area contributed by atoms with Gasteiger partial charge in [0.15, 0.2) is 0 Å². The van der Waals surface area contributed by atoms with E-state index in [0.29, 0.717) is 22.0 Å². The normalized spacial score (nSPS) is 10.5. The Morgan fingerprint density at radius 2 is 2.00 bits per heavy atom. The van der Waals surface area contributed by atoms with Gasteiger partial charge in [0.1, 0.15) is 0 Å². The van der Waals surface area contributed by atoms with E-state index in [1.54, 1.807) is 24.4 Å². The maximum absolute atomic E-state index is 12.3. The molecule has 3 rings (SSSR count). The number of nitrogens with two attached hydrogens (primary N) is 1. The number of nitrogens with one attached hydrogen (secondary N) is 1. The first kappa shape index (κ1) is 13.4. The summed E-state index contributed by atoms with van der Waals surface area (Å²) in [5.74, 6) is -0.263. The minimum atomic E-state index is -0.263. The van der Waals surface area contributed by atoms with Crippen LogP contribution in [0.3, 0.4) is 0 Å². The molecule has 1 aromatic heterocycles. The summed E-state index contributed by atoms with van der Waals surface area (Å²) in [5.41, 5.74) is 8.09. The minimum absolute atomic E-state index is 0.263. The number of fused-ring (bicyclic) bond motifs is 1. The maximum Gasteiger partial charge on any atom is 0.255 e. The van der Waals surface area contributed by atoms with Crippen LogP contribution in [-0.4, -0.2) is 10.9 Å². The van der Waals surface area contributed by atoms with Crippen molar-refractivity contribution in [3.8, 4) is 0 Å². The molecule has 3 aromatic rings. The number of amides is 1. The van der Waals surface area contributed by atoms with Gasteiger partial charge in [0.25, 0.3) is 5.91 Å². The molecule has 2 aromatic carbocycles. The highest BCUT2D eigenvalue weighted by Gasteiger charge is 2.10. The number of hydrogen-bond acceptors (Lipinski definition) is 3. The number of anilines is 2. The van der Waals surface area contributed by atoms with Crippen molar-refractivity contribution >= 4 is 39.8 Å². The van der Waals surface area contributed by atoms with Crippen LogP contribution in [0.1, 0.15) is 10.4 Å². The average Bonchev–Trinajstić information content (AvgIpc) is 2.46. The van der Waals surface area contributed by atoms with E-state index in [2.05, 4.69) is 10.3 Å². The number of hydrogen-bond donors (Lipinski definition) is 2. The molecule has 0 unspecified atom stereocenters. The maximum atomic E-state index is 12.3. The van der Waals surface area contributed by atoms with Gasteiger partial charge in [0.05, 0.1) is 11.2 Å². The molecule has 0 aliphatic rings. The van der Waals surface area contributed by atoms with E-state index in [1.165, 1.54) is 0 Å². The van der Waals surface area contributed by atoms with Gasteiger partial charge in [-0.1, -0.05) is 17.7 Å². The Morgan fingerprint density at radius 1 is 1.14 bits per heavy atom. The highest BCUT2D eigenvalue weighted by molar-refractivity contribution is 6.31. The quantitative estimate of drug-likeness (QED) is 0.708. The average molecular weight is 298 g/mol. The van der Waals surface area contributed by atoms with Crippen LogP contribution in [0.2, 0.25) is 5.02 Å². The zero-order valence-electron chi connectivity index (χ0n) is 11.0. The van der Waals surface area contributed by atoms with Gasteiger partial charge >= 0.3 is 0 Å². The predicted molar refractivity (Wildman–Crippen MR) is 85.6 cm³/mol. The molecule has 0 bridgehead atoms. The molecule has 5 heteroatoms. The Hall–Kier alpha value is -2.59. The first-order chi connectivity index (χ1) is 10.1. The first-order valence-electron chi connectivity index (χ1n) is 6.34. The van der Waals surface area contributed by atoms with E-state index in [1.807, 2.05) is 30.3 Å². The third kappa shape index (κ3) is 2.80. The molecule has 0 fully saturated rings. The van der Waals surface area contributed by atoms with Crippen molar-refractivity contribution in [3.63, 3.8) is 0 Å². The van der Waals surface area contributed by atoms with Crippen LogP contribution in [0.4, 0.5) is 11.4 Å². The van der Waals surface area contributed by atoms with Crippen LogP contribution in [0.15, 0.2) is 54.7 Å². The molecule has 0 spiro atoms. The monoisotopic (exact) mass is 297 g/mol. The molecular formula is C16H12ClN3O. The third-order valence-electron chi connectivity index (χ3n) is 3.08. The van der Waals surface area contributed by atoms with Crippen LogP contribution < -0.4 is 11.1 Å². The lowest BCUT2D eigenvalue weighted by Gasteiger charge is -2.09. The fourth-order valence-electron chi connectivity index (χ4n) is 2.15. The van der Waals surface area contributed by atoms with E-state index in [9.17, 15) is 4.79 Å². The molecule has 0 atom stereocenters. The van der Waals surface area contributed by atoms with Crippen molar-refractivity contribution in [2.45, 2.75) is 0 Å². The summed E-state index contributed by atoms with van der Waals surface area (Å²) in [4.78, 5) is 16.6. The molecular weight excluding hydrogens is 286 g/mol. The molecule has 0 radical (unpaired) electrons. The standard InChI is InChI=1S/C16H12ClN3O/c17-11-7-10(8-12(18)9-11)16(21)20-15-5-1-4-14-13(15)3-2-6-19-14/h1-9H,18H2,(H,20,21). The number of rotatable bonds is 2. The number of nitrogen functional groups attached to an aromatic ring is 1. The van der Waals surface area contributed by atoms with Gasteiger partial charge in [-0.15, -0.1) is 0 Å². The Labute approximate surface area is 126 Å². The van der Waals surface area contributed by atoms with Gasteiger partial charge in [-0.05, 0) is 42.5 Å². The lowest BCUT2D eigenvalue weighted by Crippen LogP contribution is -2.12. The van der Waals surface area contributed by atoms with Crippen LogP contribution in [0.25, 0.3) is 10.9 Å². The van der Waals surface area contributed by atoms with Crippen molar-refractivity contribution in [1.82, 2.24) is 4.98 Å². The second kappa shape index (κ2) is 5.42. The van der Waals surface area contributed by atoms with Crippen molar-refractivity contribution in [2.75, 3.05) is 11.1 Å². The summed E-state index contributed by atoms with van der Waals surface area (Å²) < 4.78 is 0. The fraction of sp³-hybridized carbons (Fsp3) is 0. The van der Waals surface area contributed by atoms with E-state index in [-0.39, 0.29) is 5.91 Å². The largest absolute Gasteiger partial charge is 0.399 e.